The number of benzene rings is 3. The number of rotatable bonds is 12. The van der Waals surface area contributed by atoms with Crippen LogP contribution in [0.15, 0.2) is 60.7 Å². The molecule has 0 saturated heterocycles. The van der Waals surface area contributed by atoms with Crippen LogP contribution in [0.2, 0.25) is 0 Å². The third-order valence-corrected chi connectivity index (χ3v) is 6.06. The molecule has 3 aromatic rings. The van der Waals surface area contributed by atoms with Gasteiger partial charge in [-0.05, 0) is 65.8 Å². The molecule has 0 aliphatic rings. The first kappa shape index (κ1) is 29.2. The smallest absolute Gasteiger partial charge is 0.326 e. The van der Waals surface area contributed by atoms with Crippen LogP contribution in [-0.4, -0.2) is 46.0 Å². The van der Waals surface area contributed by atoms with Gasteiger partial charge in [0, 0.05) is 5.56 Å². The molecule has 39 heavy (non-hydrogen) atoms. The summed E-state index contributed by atoms with van der Waals surface area (Å²) in [7, 11) is 0. The van der Waals surface area contributed by atoms with E-state index in [1.165, 1.54) is 18.2 Å². The van der Waals surface area contributed by atoms with Crippen LogP contribution in [0.1, 0.15) is 61.3 Å². The molecular formula is C30H34N2O7. The minimum Gasteiger partial charge on any atom is -0.480 e. The van der Waals surface area contributed by atoms with E-state index >= 15 is 0 Å². The number of carboxylic acid groups (broad SMARTS) is 2. The van der Waals surface area contributed by atoms with Crippen LogP contribution in [0.3, 0.4) is 0 Å². The Bertz CT molecular complexity index is 1370. The van der Waals surface area contributed by atoms with Gasteiger partial charge in [-0.25, -0.2) is 9.59 Å². The quantitative estimate of drug-likeness (QED) is 0.253. The third kappa shape index (κ3) is 8.04. The number of hydrogen-bond donors (Lipinski definition) is 4. The highest BCUT2D eigenvalue weighted by molar-refractivity contribution is 6.02. The molecule has 0 heterocycles. The second kappa shape index (κ2) is 12.9. The fourth-order valence-corrected chi connectivity index (χ4v) is 4.16. The number of carbonyl (C=O) groups is 4. The van der Waals surface area contributed by atoms with Gasteiger partial charge in [0.05, 0.1) is 5.56 Å². The summed E-state index contributed by atoms with van der Waals surface area (Å²) >= 11 is 0. The lowest BCUT2D eigenvalue weighted by Crippen LogP contribution is -2.42. The SMILES string of the molecule is CC(C)C[C@H](NC(=O)c1ccc(C(=O)N[C@@H](CC(C)C)C(=O)O)c(Oc2ccc3ccccc3c2)c1)C(=O)O. The predicted molar refractivity (Wildman–Crippen MR) is 147 cm³/mol. The molecule has 0 saturated carbocycles. The number of carbonyl (C=O) groups excluding carboxylic acids is 2. The summed E-state index contributed by atoms with van der Waals surface area (Å²) in [5, 5.41) is 26.1. The maximum Gasteiger partial charge on any atom is 0.326 e. The molecule has 9 heteroatoms. The maximum atomic E-state index is 13.2. The van der Waals surface area contributed by atoms with Crippen LogP contribution in [0, 0.1) is 11.8 Å². The van der Waals surface area contributed by atoms with Gasteiger partial charge in [0.2, 0.25) is 0 Å². The average molecular weight is 535 g/mol. The molecule has 4 N–H and O–H groups in total. The van der Waals surface area contributed by atoms with Gasteiger partial charge in [0.1, 0.15) is 23.6 Å². The lowest BCUT2D eigenvalue weighted by atomic mass is 10.0. The van der Waals surface area contributed by atoms with E-state index in [2.05, 4.69) is 10.6 Å². The Morgan fingerprint density at radius 1 is 0.718 bits per heavy atom. The molecule has 0 radical (unpaired) electrons. The molecule has 3 rings (SSSR count). The van der Waals surface area contributed by atoms with Gasteiger partial charge in [-0.3, -0.25) is 9.59 Å². The van der Waals surface area contributed by atoms with E-state index < -0.39 is 35.8 Å². The summed E-state index contributed by atoms with van der Waals surface area (Å²) < 4.78 is 6.07. The monoisotopic (exact) mass is 534 g/mol. The fourth-order valence-electron chi connectivity index (χ4n) is 4.16. The van der Waals surface area contributed by atoms with E-state index in [1.54, 1.807) is 12.1 Å². The number of nitrogens with one attached hydrogen (secondary N) is 2. The number of amides is 2. The van der Waals surface area contributed by atoms with Crippen LogP contribution < -0.4 is 15.4 Å². The number of carboxylic acids is 2. The van der Waals surface area contributed by atoms with Crippen molar-refractivity contribution in [2.75, 3.05) is 0 Å². The first-order chi connectivity index (χ1) is 18.4. The predicted octanol–water partition coefficient (Wildman–Crippen LogP) is 5.09. The van der Waals surface area contributed by atoms with Crippen LogP contribution >= 0.6 is 0 Å². The van der Waals surface area contributed by atoms with E-state index in [4.69, 9.17) is 4.74 Å². The Morgan fingerprint density at radius 3 is 1.85 bits per heavy atom. The highest BCUT2D eigenvalue weighted by atomic mass is 16.5. The molecule has 0 aliphatic heterocycles. The molecule has 0 fully saturated rings. The van der Waals surface area contributed by atoms with Gasteiger partial charge in [0.15, 0.2) is 0 Å². The molecule has 0 spiro atoms. The van der Waals surface area contributed by atoms with Crippen molar-refractivity contribution in [2.45, 2.75) is 52.6 Å². The molecule has 0 aliphatic carbocycles. The summed E-state index contributed by atoms with van der Waals surface area (Å²) in [5.41, 5.74) is 0.126. The molecule has 206 valence electrons. The van der Waals surface area contributed by atoms with E-state index in [0.29, 0.717) is 5.75 Å². The van der Waals surface area contributed by atoms with Crippen molar-refractivity contribution in [1.82, 2.24) is 10.6 Å². The van der Waals surface area contributed by atoms with Gasteiger partial charge in [-0.15, -0.1) is 0 Å². The minimum absolute atomic E-state index is 0.0267. The summed E-state index contributed by atoms with van der Waals surface area (Å²) in [6.45, 7) is 7.42. The summed E-state index contributed by atoms with van der Waals surface area (Å²) in [5.74, 6) is -3.12. The normalized spacial score (nSPS) is 12.7. The first-order valence-corrected chi connectivity index (χ1v) is 12.8. The lowest BCUT2D eigenvalue weighted by Gasteiger charge is -2.19. The van der Waals surface area contributed by atoms with E-state index in [9.17, 15) is 29.4 Å². The van der Waals surface area contributed by atoms with Crippen molar-refractivity contribution in [2.24, 2.45) is 11.8 Å². The van der Waals surface area contributed by atoms with Crippen molar-refractivity contribution < 1.29 is 34.1 Å². The highest BCUT2D eigenvalue weighted by Gasteiger charge is 2.26. The fraction of sp³-hybridized carbons (Fsp3) is 0.333. The van der Waals surface area contributed by atoms with Crippen LogP contribution in [0.25, 0.3) is 10.8 Å². The summed E-state index contributed by atoms with van der Waals surface area (Å²) in [6.07, 6.45) is 0.475. The molecule has 3 aromatic carbocycles. The number of hydrogen-bond acceptors (Lipinski definition) is 5. The molecule has 9 nitrogen and oxygen atoms in total. The average Bonchev–Trinajstić information content (AvgIpc) is 2.87. The second-order valence-electron chi connectivity index (χ2n) is 10.3. The minimum atomic E-state index is -1.16. The van der Waals surface area contributed by atoms with Crippen LogP contribution in [-0.2, 0) is 9.59 Å². The Morgan fingerprint density at radius 2 is 1.28 bits per heavy atom. The van der Waals surface area contributed by atoms with Crippen molar-refractivity contribution in [3.8, 4) is 11.5 Å². The lowest BCUT2D eigenvalue weighted by molar-refractivity contribution is -0.140. The molecule has 2 amide bonds. The maximum absolute atomic E-state index is 13.2. The Balaban J connectivity index is 1.98. The van der Waals surface area contributed by atoms with Crippen molar-refractivity contribution in [1.29, 1.82) is 0 Å². The van der Waals surface area contributed by atoms with Gasteiger partial charge >= 0.3 is 11.9 Å². The van der Waals surface area contributed by atoms with E-state index in [-0.39, 0.29) is 41.6 Å². The molecule has 2 atom stereocenters. The van der Waals surface area contributed by atoms with Gasteiger partial charge in [-0.1, -0.05) is 58.0 Å². The van der Waals surface area contributed by atoms with Gasteiger partial charge in [-0.2, -0.15) is 0 Å². The van der Waals surface area contributed by atoms with Crippen molar-refractivity contribution >= 4 is 34.5 Å². The molecule has 0 bridgehead atoms. The third-order valence-electron chi connectivity index (χ3n) is 6.06. The largest absolute Gasteiger partial charge is 0.480 e. The zero-order valence-corrected chi connectivity index (χ0v) is 22.4. The summed E-state index contributed by atoms with van der Waals surface area (Å²) in [6, 6.07) is 14.9. The molecular weight excluding hydrogens is 500 g/mol. The Labute approximate surface area is 227 Å². The van der Waals surface area contributed by atoms with Gasteiger partial charge in [0.25, 0.3) is 11.8 Å². The zero-order valence-electron chi connectivity index (χ0n) is 22.4. The van der Waals surface area contributed by atoms with Crippen LogP contribution in [0.4, 0.5) is 0 Å². The van der Waals surface area contributed by atoms with E-state index in [0.717, 1.165) is 10.8 Å². The number of ether oxygens (including phenoxy) is 1. The first-order valence-electron chi connectivity index (χ1n) is 12.8. The Kier molecular flexibility index (Phi) is 9.65. The number of aliphatic carboxylic acids is 2. The van der Waals surface area contributed by atoms with E-state index in [1.807, 2.05) is 58.0 Å². The Hall–Kier alpha value is -4.40. The second-order valence-corrected chi connectivity index (χ2v) is 10.3. The highest BCUT2D eigenvalue weighted by Crippen LogP contribution is 2.30. The van der Waals surface area contributed by atoms with Crippen molar-refractivity contribution in [3.63, 3.8) is 0 Å². The zero-order chi connectivity index (χ0) is 28.7. The topological polar surface area (TPSA) is 142 Å². The van der Waals surface area contributed by atoms with Gasteiger partial charge < -0.3 is 25.6 Å². The van der Waals surface area contributed by atoms with Crippen LogP contribution in [0.5, 0.6) is 11.5 Å². The standard InChI is InChI=1S/C30H34N2O7/c1-17(2)13-24(29(35)36)31-27(33)21-10-12-23(28(34)32-25(30(37)38)14-18(3)4)26(16-21)39-22-11-9-19-7-5-6-8-20(19)15-22/h5-12,15-18,24-25H,13-14H2,1-4H3,(H,31,33)(H,32,34)(H,35,36)(H,37,38)/t24-,25-/m0/s1. The molecule has 0 aromatic heterocycles. The summed E-state index contributed by atoms with van der Waals surface area (Å²) in [4.78, 5) is 49.6. The van der Waals surface area contributed by atoms with Crippen molar-refractivity contribution in [3.05, 3.63) is 71.8 Å². The molecule has 0 unspecified atom stereocenters. The number of fused-ring (bicyclic) bond motifs is 1.